The third-order valence-electron chi connectivity index (χ3n) is 4.20. The van der Waals surface area contributed by atoms with Crippen molar-refractivity contribution in [3.63, 3.8) is 0 Å². The fourth-order valence-corrected chi connectivity index (χ4v) is 2.90. The molecular weight excluding hydrogens is 304 g/mol. The largest absolute Gasteiger partial charge is 0.489 e. The Morgan fingerprint density at radius 3 is 2.54 bits per heavy atom. The summed E-state index contributed by atoms with van der Waals surface area (Å²) in [7, 11) is 0. The molecule has 2 unspecified atom stereocenters. The highest BCUT2D eigenvalue weighted by Crippen LogP contribution is 2.23. The smallest absolute Gasteiger partial charge is 0.269 e. The van der Waals surface area contributed by atoms with E-state index in [1.54, 1.807) is 12.1 Å². The van der Waals surface area contributed by atoms with Crippen LogP contribution in [0.4, 0.5) is 5.69 Å². The highest BCUT2D eigenvalue weighted by atomic mass is 16.6. The first-order chi connectivity index (χ1) is 11.7. The van der Waals surface area contributed by atoms with Crippen molar-refractivity contribution in [2.24, 2.45) is 0 Å². The number of rotatable bonds is 5. The van der Waals surface area contributed by atoms with Crippen LogP contribution in [0.15, 0.2) is 48.5 Å². The molecule has 1 saturated heterocycles. The third-order valence-corrected chi connectivity index (χ3v) is 4.20. The van der Waals surface area contributed by atoms with Gasteiger partial charge in [0.1, 0.15) is 11.9 Å². The zero-order valence-corrected chi connectivity index (χ0v) is 13.1. The summed E-state index contributed by atoms with van der Waals surface area (Å²) in [5.41, 5.74) is 2.14. The molecule has 0 aromatic heterocycles. The molecule has 1 N–H and O–H groups in total. The molecule has 5 heteroatoms. The van der Waals surface area contributed by atoms with Gasteiger partial charge in [-0.3, -0.25) is 10.1 Å². The molecule has 2 atom stereocenters. The van der Waals surface area contributed by atoms with Gasteiger partial charge >= 0.3 is 0 Å². The van der Waals surface area contributed by atoms with Crippen LogP contribution in [-0.2, 0) is 6.42 Å². The second kappa shape index (κ2) is 7.16. The lowest BCUT2D eigenvalue weighted by molar-refractivity contribution is -0.384. The molecule has 1 heterocycles. The van der Waals surface area contributed by atoms with Gasteiger partial charge in [-0.25, -0.2) is 0 Å². The number of terminal acetylenes is 1. The Kier molecular flexibility index (Phi) is 4.78. The molecule has 5 nitrogen and oxygen atoms in total. The van der Waals surface area contributed by atoms with Crippen LogP contribution in [0.3, 0.4) is 0 Å². The molecule has 122 valence electrons. The second-order valence-electron chi connectivity index (χ2n) is 5.80. The van der Waals surface area contributed by atoms with E-state index in [2.05, 4.69) is 11.2 Å². The summed E-state index contributed by atoms with van der Waals surface area (Å²) in [5, 5.41) is 14.2. The molecule has 2 aromatic rings. The van der Waals surface area contributed by atoms with E-state index in [4.69, 9.17) is 11.2 Å². The average Bonchev–Trinajstić information content (AvgIpc) is 3.03. The van der Waals surface area contributed by atoms with Crippen molar-refractivity contribution in [2.45, 2.75) is 25.0 Å². The van der Waals surface area contributed by atoms with Crippen LogP contribution in [0.1, 0.15) is 17.5 Å². The van der Waals surface area contributed by atoms with Crippen molar-refractivity contribution in [3.05, 3.63) is 69.8 Å². The molecule has 0 radical (unpaired) electrons. The van der Waals surface area contributed by atoms with Gasteiger partial charge in [-0.15, -0.1) is 6.42 Å². The topological polar surface area (TPSA) is 64.4 Å². The Morgan fingerprint density at radius 2 is 1.92 bits per heavy atom. The van der Waals surface area contributed by atoms with Crippen molar-refractivity contribution >= 4 is 5.69 Å². The lowest BCUT2D eigenvalue weighted by atomic mass is 10.0. The highest BCUT2D eigenvalue weighted by molar-refractivity contribution is 5.36. The molecule has 24 heavy (non-hydrogen) atoms. The molecule has 0 bridgehead atoms. The predicted molar refractivity (Wildman–Crippen MR) is 92.0 cm³/mol. The maximum Gasteiger partial charge on any atom is 0.269 e. The summed E-state index contributed by atoms with van der Waals surface area (Å²) >= 11 is 0. The zero-order valence-electron chi connectivity index (χ0n) is 13.1. The molecule has 1 aliphatic heterocycles. The maximum absolute atomic E-state index is 10.7. The van der Waals surface area contributed by atoms with Gasteiger partial charge in [-0.05, 0) is 49.2 Å². The summed E-state index contributed by atoms with van der Waals surface area (Å²) in [4.78, 5) is 10.3. The molecule has 0 aliphatic carbocycles. The van der Waals surface area contributed by atoms with Crippen LogP contribution >= 0.6 is 0 Å². The Morgan fingerprint density at radius 1 is 1.21 bits per heavy atom. The Balaban J connectivity index is 1.64. The molecule has 3 rings (SSSR count). The van der Waals surface area contributed by atoms with Crippen LogP contribution in [0.5, 0.6) is 5.75 Å². The van der Waals surface area contributed by atoms with Crippen molar-refractivity contribution in [2.75, 3.05) is 6.54 Å². The number of nitro groups is 1. The minimum absolute atomic E-state index is 0.0405. The van der Waals surface area contributed by atoms with Crippen LogP contribution < -0.4 is 10.1 Å². The fraction of sp³-hybridized carbons (Fsp3) is 0.263. The first-order valence-electron chi connectivity index (χ1n) is 7.86. The standard InChI is InChI=1S/C19H18N2O3/c1-2-14-3-5-15(6-4-14)13-18-19(11-12-20-18)24-17-9-7-16(8-10-17)21(22)23/h1,3-10,18-20H,11-13H2. The quantitative estimate of drug-likeness (QED) is 0.522. The summed E-state index contributed by atoms with van der Waals surface area (Å²) in [6.07, 6.45) is 7.17. The lowest BCUT2D eigenvalue weighted by Gasteiger charge is -2.21. The summed E-state index contributed by atoms with van der Waals surface area (Å²) in [6.45, 7) is 0.894. The number of benzene rings is 2. The first-order valence-corrected chi connectivity index (χ1v) is 7.86. The minimum atomic E-state index is -0.413. The molecule has 0 saturated carbocycles. The normalized spacial score (nSPS) is 19.6. The van der Waals surface area contributed by atoms with E-state index in [0.717, 1.165) is 24.9 Å². The minimum Gasteiger partial charge on any atom is -0.489 e. The van der Waals surface area contributed by atoms with Crippen LogP contribution in [0, 0.1) is 22.5 Å². The first kappa shape index (κ1) is 16.0. The van der Waals surface area contributed by atoms with Crippen molar-refractivity contribution in [3.8, 4) is 18.1 Å². The number of nitro benzene ring substituents is 1. The van der Waals surface area contributed by atoms with Crippen molar-refractivity contribution < 1.29 is 9.66 Å². The average molecular weight is 322 g/mol. The Bertz CT molecular complexity index is 748. The molecule has 1 aliphatic rings. The number of nitrogens with one attached hydrogen (secondary N) is 1. The van der Waals surface area contributed by atoms with E-state index < -0.39 is 4.92 Å². The summed E-state index contributed by atoms with van der Waals surface area (Å²) < 4.78 is 6.02. The van der Waals surface area contributed by atoms with Gasteiger partial charge in [0, 0.05) is 23.7 Å². The predicted octanol–water partition coefficient (Wildman–Crippen LogP) is 2.93. The van der Waals surface area contributed by atoms with Gasteiger partial charge in [-0.1, -0.05) is 18.1 Å². The number of hydrogen-bond donors (Lipinski definition) is 1. The number of nitrogens with zero attached hydrogens (tertiary/aromatic N) is 1. The molecule has 0 spiro atoms. The van der Waals surface area contributed by atoms with Gasteiger partial charge in [0.25, 0.3) is 5.69 Å². The van der Waals surface area contributed by atoms with Crippen molar-refractivity contribution in [1.82, 2.24) is 5.32 Å². The zero-order chi connectivity index (χ0) is 16.9. The molecule has 2 aromatic carbocycles. The van der Waals surface area contributed by atoms with E-state index in [9.17, 15) is 10.1 Å². The van der Waals surface area contributed by atoms with E-state index >= 15 is 0 Å². The fourth-order valence-electron chi connectivity index (χ4n) is 2.90. The number of ether oxygens (including phenoxy) is 1. The van der Waals surface area contributed by atoms with E-state index in [-0.39, 0.29) is 17.8 Å². The monoisotopic (exact) mass is 322 g/mol. The van der Waals surface area contributed by atoms with Crippen LogP contribution in [-0.4, -0.2) is 23.6 Å². The van der Waals surface area contributed by atoms with Gasteiger partial charge in [0.15, 0.2) is 0 Å². The SMILES string of the molecule is C#Cc1ccc(CC2NCCC2Oc2ccc([N+](=O)[O-])cc2)cc1. The van der Waals surface area contributed by atoms with Crippen molar-refractivity contribution in [1.29, 1.82) is 0 Å². The van der Waals surface area contributed by atoms with Gasteiger partial charge < -0.3 is 10.1 Å². The third kappa shape index (κ3) is 3.73. The second-order valence-corrected chi connectivity index (χ2v) is 5.80. The van der Waals surface area contributed by atoms with Gasteiger partial charge in [-0.2, -0.15) is 0 Å². The molecular formula is C19H18N2O3. The Hall–Kier alpha value is -2.84. The molecule has 0 amide bonds. The summed E-state index contributed by atoms with van der Waals surface area (Å²) in [5.74, 6) is 3.27. The van der Waals surface area contributed by atoms with E-state index in [0.29, 0.717) is 5.75 Å². The Labute approximate surface area is 140 Å². The number of non-ortho nitro benzene ring substituents is 1. The highest BCUT2D eigenvalue weighted by Gasteiger charge is 2.28. The van der Waals surface area contributed by atoms with E-state index in [1.807, 2.05) is 24.3 Å². The van der Waals surface area contributed by atoms with Crippen LogP contribution in [0.2, 0.25) is 0 Å². The lowest BCUT2D eigenvalue weighted by Crippen LogP contribution is -2.36. The van der Waals surface area contributed by atoms with Crippen LogP contribution in [0.25, 0.3) is 0 Å². The van der Waals surface area contributed by atoms with Gasteiger partial charge in [0.2, 0.25) is 0 Å². The van der Waals surface area contributed by atoms with E-state index in [1.165, 1.54) is 17.7 Å². The number of hydrogen-bond acceptors (Lipinski definition) is 4. The molecule has 1 fully saturated rings. The van der Waals surface area contributed by atoms with Gasteiger partial charge in [0.05, 0.1) is 4.92 Å². The maximum atomic E-state index is 10.7. The summed E-state index contributed by atoms with van der Waals surface area (Å²) in [6, 6.07) is 14.4.